The Labute approximate surface area is 172 Å². The SMILES string of the molecule is COc1ccc(NC(=O)c2ccccc2-c2nc(-c3ccc(Cl)cc3)no2)cc1. The minimum absolute atomic E-state index is 0.260. The lowest BCUT2D eigenvalue weighted by Crippen LogP contribution is -2.13. The van der Waals surface area contributed by atoms with Gasteiger partial charge in [-0.3, -0.25) is 4.79 Å². The predicted molar refractivity (Wildman–Crippen MR) is 111 cm³/mol. The topological polar surface area (TPSA) is 77.2 Å². The van der Waals surface area contributed by atoms with Crippen LogP contribution in [0.4, 0.5) is 5.69 Å². The van der Waals surface area contributed by atoms with Crippen molar-refractivity contribution >= 4 is 23.2 Å². The number of hydrogen-bond acceptors (Lipinski definition) is 5. The molecule has 1 heterocycles. The van der Waals surface area contributed by atoms with Crippen molar-refractivity contribution in [2.75, 3.05) is 12.4 Å². The molecule has 1 aromatic heterocycles. The van der Waals surface area contributed by atoms with Crippen LogP contribution in [0.3, 0.4) is 0 Å². The van der Waals surface area contributed by atoms with E-state index in [0.717, 1.165) is 5.56 Å². The number of carbonyl (C=O) groups is 1. The number of aromatic nitrogens is 2. The first-order valence-electron chi connectivity index (χ1n) is 8.78. The summed E-state index contributed by atoms with van der Waals surface area (Å²) < 4.78 is 10.5. The first-order valence-corrected chi connectivity index (χ1v) is 9.16. The van der Waals surface area contributed by atoms with Gasteiger partial charge in [0.1, 0.15) is 5.75 Å². The van der Waals surface area contributed by atoms with Gasteiger partial charge >= 0.3 is 0 Å². The molecule has 7 heteroatoms. The molecule has 0 atom stereocenters. The summed E-state index contributed by atoms with van der Waals surface area (Å²) in [5, 5.41) is 7.51. The molecule has 0 aliphatic carbocycles. The largest absolute Gasteiger partial charge is 0.497 e. The number of rotatable bonds is 5. The first kappa shape index (κ1) is 18.7. The molecule has 4 rings (SSSR count). The molecular weight excluding hydrogens is 390 g/mol. The molecule has 0 unspecified atom stereocenters. The normalized spacial score (nSPS) is 10.6. The highest BCUT2D eigenvalue weighted by Crippen LogP contribution is 2.26. The van der Waals surface area contributed by atoms with Gasteiger partial charge < -0.3 is 14.6 Å². The molecule has 6 nitrogen and oxygen atoms in total. The first-order chi connectivity index (χ1) is 14.1. The molecular formula is C22H16ClN3O3. The smallest absolute Gasteiger partial charge is 0.259 e. The van der Waals surface area contributed by atoms with Gasteiger partial charge in [0.2, 0.25) is 5.82 Å². The number of nitrogens with zero attached hydrogens (tertiary/aromatic N) is 2. The second kappa shape index (κ2) is 8.16. The van der Waals surface area contributed by atoms with Crippen LogP contribution in [0.25, 0.3) is 22.8 Å². The highest BCUT2D eigenvalue weighted by molar-refractivity contribution is 6.30. The van der Waals surface area contributed by atoms with E-state index < -0.39 is 0 Å². The Morgan fingerprint density at radius 1 is 1.00 bits per heavy atom. The van der Waals surface area contributed by atoms with Crippen LogP contribution in [0, 0.1) is 0 Å². The molecule has 0 spiro atoms. The van der Waals surface area contributed by atoms with E-state index in [0.29, 0.717) is 33.4 Å². The molecule has 3 aromatic carbocycles. The van der Waals surface area contributed by atoms with E-state index in [2.05, 4.69) is 15.5 Å². The van der Waals surface area contributed by atoms with Crippen molar-refractivity contribution in [3.8, 4) is 28.6 Å². The van der Waals surface area contributed by atoms with Crippen molar-refractivity contribution in [3.63, 3.8) is 0 Å². The fourth-order valence-electron chi connectivity index (χ4n) is 2.79. The summed E-state index contributed by atoms with van der Waals surface area (Å²) in [7, 11) is 1.59. The Balaban J connectivity index is 1.61. The number of benzene rings is 3. The Hall–Kier alpha value is -3.64. The highest BCUT2D eigenvalue weighted by atomic mass is 35.5. The second-order valence-electron chi connectivity index (χ2n) is 6.16. The Morgan fingerprint density at radius 2 is 1.72 bits per heavy atom. The second-order valence-corrected chi connectivity index (χ2v) is 6.59. The van der Waals surface area contributed by atoms with Crippen LogP contribution in [-0.2, 0) is 0 Å². The lowest BCUT2D eigenvalue weighted by Gasteiger charge is -2.08. The average Bonchev–Trinajstić information content (AvgIpc) is 3.25. The highest BCUT2D eigenvalue weighted by Gasteiger charge is 2.18. The minimum atomic E-state index is -0.281. The summed E-state index contributed by atoms with van der Waals surface area (Å²) in [5.41, 5.74) is 2.39. The van der Waals surface area contributed by atoms with Crippen molar-refractivity contribution in [2.45, 2.75) is 0 Å². The number of nitrogens with one attached hydrogen (secondary N) is 1. The zero-order valence-electron chi connectivity index (χ0n) is 15.4. The van der Waals surface area contributed by atoms with Crippen molar-refractivity contribution in [1.29, 1.82) is 0 Å². The fraction of sp³-hybridized carbons (Fsp3) is 0.0455. The van der Waals surface area contributed by atoms with E-state index in [4.69, 9.17) is 20.9 Å². The third-order valence-corrected chi connectivity index (χ3v) is 4.53. The molecule has 0 aliphatic rings. The quantitative estimate of drug-likeness (QED) is 0.486. The minimum Gasteiger partial charge on any atom is -0.497 e. The summed E-state index contributed by atoms with van der Waals surface area (Å²) in [6.45, 7) is 0. The van der Waals surface area contributed by atoms with E-state index in [-0.39, 0.29) is 11.8 Å². The Morgan fingerprint density at radius 3 is 2.45 bits per heavy atom. The zero-order valence-corrected chi connectivity index (χ0v) is 16.2. The van der Waals surface area contributed by atoms with Gasteiger partial charge in [0, 0.05) is 16.3 Å². The van der Waals surface area contributed by atoms with Crippen molar-refractivity contribution in [3.05, 3.63) is 83.4 Å². The summed E-state index contributed by atoms with van der Waals surface area (Å²) >= 11 is 5.92. The molecule has 0 radical (unpaired) electrons. The maximum absolute atomic E-state index is 12.8. The van der Waals surface area contributed by atoms with E-state index in [1.807, 2.05) is 6.07 Å². The molecule has 1 N–H and O–H groups in total. The van der Waals surface area contributed by atoms with E-state index in [9.17, 15) is 4.79 Å². The van der Waals surface area contributed by atoms with Crippen LogP contribution in [0.1, 0.15) is 10.4 Å². The number of ether oxygens (including phenoxy) is 1. The molecule has 0 saturated carbocycles. The van der Waals surface area contributed by atoms with E-state index >= 15 is 0 Å². The van der Waals surface area contributed by atoms with Gasteiger partial charge in [0.15, 0.2) is 0 Å². The molecule has 0 aliphatic heterocycles. The van der Waals surface area contributed by atoms with Gasteiger partial charge in [-0.2, -0.15) is 4.98 Å². The molecule has 0 fully saturated rings. The number of amides is 1. The average molecular weight is 406 g/mol. The molecule has 0 bridgehead atoms. The van der Waals surface area contributed by atoms with E-state index in [1.54, 1.807) is 73.8 Å². The number of anilines is 1. The zero-order chi connectivity index (χ0) is 20.2. The third kappa shape index (κ3) is 4.12. The monoisotopic (exact) mass is 405 g/mol. The van der Waals surface area contributed by atoms with Gasteiger partial charge in [-0.1, -0.05) is 28.9 Å². The lowest BCUT2D eigenvalue weighted by molar-refractivity contribution is 0.102. The van der Waals surface area contributed by atoms with Gasteiger partial charge in [-0.25, -0.2) is 0 Å². The lowest BCUT2D eigenvalue weighted by atomic mass is 10.1. The standard InChI is InChI=1S/C22H16ClN3O3/c1-28-17-12-10-16(11-13-17)24-21(27)18-4-2-3-5-19(18)22-25-20(26-29-22)14-6-8-15(23)9-7-14/h2-13H,1H3,(H,24,27). The molecule has 0 saturated heterocycles. The van der Waals surface area contributed by atoms with Crippen LogP contribution in [0.5, 0.6) is 5.75 Å². The molecule has 4 aromatic rings. The van der Waals surface area contributed by atoms with Crippen molar-refractivity contribution in [2.24, 2.45) is 0 Å². The summed E-state index contributed by atoms with van der Waals surface area (Å²) in [6.07, 6.45) is 0. The van der Waals surface area contributed by atoms with Gasteiger partial charge in [-0.05, 0) is 60.7 Å². The maximum Gasteiger partial charge on any atom is 0.259 e. The third-order valence-electron chi connectivity index (χ3n) is 4.28. The van der Waals surface area contributed by atoms with Gasteiger partial charge in [-0.15, -0.1) is 0 Å². The number of halogens is 1. The van der Waals surface area contributed by atoms with E-state index in [1.165, 1.54) is 0 Å². The number of hydrogen-bond donors (Lipinski definition) is 1. The van der Waals surface area contributed by atoms with Crippen LogP contribution in [0.2, 0.25) is 5.02 Å². The Bertz CT molecular complexity index is 1140. The van der Waals surface area contributed by atoms with Crippen LogP contribution in [0.15, 0.2) is 77.3 Å². The van der Waals surface area contributed by atoms with Gasteiger partial charge in [0.05, 0.1) is 18.2 Å². The predicted octanol–water partition coefficient (Wildman–Crippen LogP) is 5.32. The fourth-order valence-corrected chi connectivity index (χ4v) is 2.92. The van der Waals surface area contributed by atoms with Crippen LogP contribution in [-0.4, -0.2) is 23.2 Å². The summed E-state index contributed by atoms with van der Waals surface area (Å²) in [6, 6.07) is 21.3. The van der Waals surface area contributed by atoms with Gasteiger partial charge in [0.25, 0.3) is 11.8 Å². The summed E-state index contributed by atoms with van der Waals surface area (Å²) in [5.74, 6) is 1.11. The number of carbonyl (C=O) groups excluding carboxylic acids is 1. The summed E-state index contributed by atoms with van der Waals surface area (Å²) in [4.78, 5) is 17.3. The molecule has 144 valence electrons. The van der Waals surface area contributed by atoms with Crippen LogP contribution >= 0.6 is 11.6 Å². The van der Waals surface area contributed by atoms with Crippen molar-refractivity contribution < 1.29 is 14.1 Å². The molecule has 29 heavy (non-hydrogen) atoms. The Kier molecular flexibility index (Phi) is 5.27. The maximum atomic E-state index is 12.8. The number of methoxy groups -OCH3 is 1. The van der Waals surface area contributed by atoms with Crippen LogP contribution < -0.4 is 10.1 Å². The van der Waals surface area contributed by atoms with Crippen molar-refractivity contribution in [1.82, 2.24) is 10.1 Å². The molecule has 1 amide bonds.